The quantitative estimate of drug-likeness (QED) is 0.0279. The van der Waals surface area contributed by atoms with E-state index in [4.69, 9.17) is 24.3 Å². The van der Waals surface area contributed by atoms with Gasteiger partial charge < -0.3 is 20.1 Å². The minimum atomic E-state index is -4.26. The average molecular weight is 726 g/mol. The molecule has 0 aromatic rings. The van der Waals surface area contributed by atoms with Crippen LogP contribution >= 0.6 is 7.82 Å². The van der Waals surface area contributed by atoms with Crippen LogP contribution in [0.3, 0.4) is 0 Å². The average Bonchev–Trinajstić information content (AvgIpc) is 3.11. The van der Waals surface area contributed by atoms with Crippen LogP contribution in [-0.4, -0.2) is 49.9 Å². The van der Waals surface area contributed by atoms with Crippen LogP contribution in [0.25, 0.3) is 0 Å². The Labute approximate surface area is 307 Å². The van der Waals surface area contributed by atoms with E-state index < -0.39 is 13.9 Å². The van der Waals surface area contributed by atoms with Crippen molar-refractivity contribution in [3.8, 4) is 0 Å². The second kappa shape index (κ2) is 38.7. The van der Waals surface area contributed by atoms with Crippen molar-refractivity contribution >= 4 is 13.8 Å². The van der Waals surface area contributed by atoms with Gasteiger partial charge in [-0.1, -0.05) is 152 Å². The molecule has 0 heterocycles. The minimum Gasteiger partial charge on any atom is -0.463 e. The van der Waals surface area contributed by atoms with Crippen LogP contribution in [0.5, 0.6) is 0 Å². The predicted octanol–water partition coefficient (Wildman–Crippen LogP) is 11.6. The minimum absolute atomic E-state index is 0.0364. The van der Waals surface area contributed by atoms with E-state index in [9.17, 15) is 14.3 Å². The van der Waals surface area contributed by atoms with Gasteiger partial charge in [-0.15, -0.1) is 0 Å². The van der Waals surface area contributed by atoms with Crippen LogP contribution < -0.4 is 5.73 Å². The summed E-state index contributed by atoms with van der Waals surface area (Å²) in [7, 11) is -4.26. The first-order chi connectivity index (χ1) is 24.4. The van der Waals surface area contributed by atoms with Gasteiger partial charge in [0, 0.05) is 19.6 Å². The molecule has 2 atom stereocenters. The lowest BCUT2D eigenvalue weighted by Crippen LogP contribution is -2.27. The van der Waals surface area contributed by atoms with Crippen LogP contribution in [-0.2, 0) is 27.9 Å². The number of esters is 1. The lowest BCUT2D eigenvalue weighted by molar-refractivity contribution is -0.149. The van der Waals surface area contributed by atoms with Crippen molar-refractivity contribution in [3.05, 3.63) is 48.6 Å². The lowest BCUT2D eigenvalue weighted by atomic mass is 10.0. The van der Waals surface area contributed by atoms with Crippen molar-refractivity contribution in [1.82, 2.24) is 0 Å². The summed E-state index contributed by atoms with van der Waals surface area (Å²) in [5.74, 6) is -0.284. The number of hydrogen-bond donors (Lipinski definition) is 2. The van der Waals surface area contributed by atoms with E-state index >= 15 is 0 Å². The Morgan fingerprint density at radius 1 is 0.600 bits per heavy atom. The van der Waals surface area contributed by atoms with Crippen molar-refractivity contribution in [3.63, 3.8) is 0 Å². The van der Waals surface area contributed by atoms with Crippen LogP contribution in [0.1, 0.15) is 168 Å². The molecule has 50 heavy (non-hydrogen) atoms. The number of nitrogens with two attached hydrogens (primary N) is 1. The van der Waals surface area contributed by atoms with Gasteiger partial charge in [-0.3, -0.25) is 13.8 Å². The lowest BCUT2D eigenvalue weighted by Gasteiger charge is -2.19. The Bertz CT molecular complexity index is 905. The Balaban J connectivity index is 4.16. The zero-order chi connectivity index (χ0) is 36.6. The molecular formula is C41H76NO7P. The Kier molecular flexibility index (Phi) is 37.5. The van der Waals surface area contributed by atoms with Gasteiger partial charge in [0.05, 0.1) is 13.2 Å². The summed E-state index contributed by atoms with van der Waals surface area (Å²) in [6.45, 7) is 4.67. The highest BCUT2D eigenvalue weighted by atomic mass is 31.2. The number of allylic oxidation sites excluding steroid dienone is 8. The smallest absolute Gasteiger partial charge is 0.463 e. The number of hydrogen-bond acceptors (Lipinski definition) is 7. The molecule has 0 aliphatic heterocycles. The van der Waals surface area contributed by atoms with Crippen LogP contribution in [0.15, 0.2) is 48.6 Å². The number of carbonyl (C=O) groups is 1. The fraction of sp³-hybridized carbons (Fsp3) is 0.780. The third-order valence-electron chi connectivity index (χ3n) is 8.29. The number of rotatable bonds is 38. The highest BCUT2D eigenvalue weighted by Gasteiger charge is 2.24. The van der Waals surface area contributed by atoms with E-state index in [1.807, 2.05) is 0 Å². The van der Waals surface area contributed by atoms with Crippen LogP contribution in [0, 0.1) is 0 Å². The zero-order valence-electron chi connectivity index (χ0n) is 32.1. The molecule has 0 aliphatic carbocycles. The molecule has 0 aromatic heterocycles. The van der Waals surface area contributed by atoms with Gasteiger partial charge in [0.1, 0.15) is 12.7 Å². The van der Waals surface area contributed by atoms with Gasteiger partial charge in [0.25, 0.3) is 0 Å². The van der Waals surface area contributed by atoms with Gasteiger partial charge >= 0.3 is 13.8 Å². The molecule has 0 amide bonds. The molecule has 0 saturated heterocycles. The fourth-order valence-electron chi connectivity index (χ4n) is 5.25. The van der Waals surface area contributed by atoms with Crippen molar-refractivity contribution in [2.45, 2.75) is 174 Å². The molecule has 3 N–H and O–H groups in total. The summed E-state index contributed by atoms with van der Waals surface area (Å²) in [5, 5.41) is 0. The van der Waals surface area contributed by atoms with Crippen molar-refractivity contribution in [2.24, 2.45) is 5.73 Å². The maximum absolute atomic E-state index is 12.4. The Morgan fingerprint density at radius 3 is 1.58 bits per heavy atom. The molecule has 0 saturated carbocycles. The monoisotopic (exact) mass is 726 g/mol. The van der Waals surface area contributed by atoms with Gasteiger partial charge in [-0.05, 0) is 57.8 Å². The first-order valence-corrected chi connectivity index (χ1v) is 21.6. The molecule has 0 radical (unpaired) electrons. The largest absolute Gasteiger partial charge is 0.472 e. The molecule has 0 spiro atoms. The molecule has 0 fully saturated rings. The maximum atomic E-state index is 12.4. The maximum Gasteiger partial charge on any atom is 0.472 e. The number of unbranched alkanes of at least 4 members (excludes halogenated alkanes) is 17. The summed E-state index contributed by atoms with van der Waals surface area (Å²) in [5.41, 5.74) is 5.36. The number of phosphoric acid groups is 1. The second-order valence-corrected chi connectivity index (χ2v) is 14.6. The van der Waals surface area contributed by atoms with Gasteiger partial charge in [0.2, 0.25) is 0 Å². The fourth-order valence-corrected chi connectivity index (χ4v) is 6.01. The van der Waals surface area contributed by atoms with E-state index in [0.717, 1.165) is 57.8 Å². The van der Waals surface area contributed by atoms with Gasteiger partial charge in [-0.2, -0.15) is 0 Å². The standard InChI is InChI=1S/C41H76NO7P/c1-3-5-7-9-11-13-15-17-18-19-20-21-23-25-27-29-31-33-36-46-40(39-49-50(44,45)48-37-35-42)38-47-41(43)34-32-30-28-26-24-22-16-14-12-10-8-6-4-2/h11,13,17-18,20-21,25,27,40H,3-10,12,14-16,19,22-24,26,28-39,42H2,1-2H3,(H,44,45)/b13-11-,18-17-,21-20-,27-25-. The zero-order valence-corrected chi connectivity index (χ0v) is 33.0. The van der Waals surface area contributed by atoms with E-state index in [1.54, 1.807) is 0 Å². The molecule has 0 bridgehead atoms. The first-order valence-electron chi connectivity index (χ1n) is 20.1. The number of carbonyl (C=O) groups excluding carboxylic acids is 1. The van der Waals surface area contributed by atoms with E-state index in [-0.39, 0.29) is 32.3 Å². The topological polar surface area (TPSA) is 117 Å². The summed E-state index contributed by atoms with van der Waals surface area (Å²) in [6.07, 6.45) is 44.3. The second-order valence-electron chi connectivity index (χ2n) is 13.1. The molecule has 0 aromatic carbocycles. The summed E-state index contributed by atoms with van der Waals surface area (Å²) >= 11 is 0. The molecule has 2 unspecified atom stereocenters. The summed E-state index contributed by atoms with van der Waals surface area (Å²) < 4.78 is 33.3. The van der Waals surface area contributed by atoms with Crippen molar-refractivity contribution in [2.75, 3.05) is 33.0 Å². The highest BCUT2D eigenvalue weighted by Crippen LogP contribution is 2.43. The molecular weight excluding hydrogens is 649 g/mol. The molecule has 292 valence electrons. The van der Waals surface area contributed by atoms with Gasteiger partial charge in [0.15, 0.2) is 0 Å². The Morgan fingerprint density at radius 2 is 1.06 bits per heavy atom. The third-order valence-corrected chi connectivity index (χ3v) is 9.27. The van der Waals surface area contributed by atoms with Crippen molar-refractivity contribution in [1.29, 1.82) is 0 Å². The van der Waals surface area contributed by atoms with E-state index in [1.165, 1.54) is 89.9 Å². The summed E-state index contributed by atoms with van der Waals surface area (Å²) in [4.78, 5) is 22.2. The SMILES string of the molecule is CCCCC/C=C\C/C=C\C/C=C\C/C=C\CCCCOC(COC(=O)CCCCCCCCCCCCCCC)COP(=O)(O)OCCN. The third kappa shape index (κ3) is 37.7. The molecule has 8 nitrogen and oxygen atoms in total. The highest BCUT2D eigenvalue weighted by molar-refractivity contribution is 7.47. The first kappa shape index (κ1) is 48.5. The summed E-state index contributed by atoms with van der Waals surface area (Å²) in [6, 6.07) is 0. The van der Waals surface area contributed by atoms with Crippen molar-refractivity contribution < 1.29 is 32.8 Å². The number of ether oxygens (including phenoxy) is 2. The van der Waals surface area contributed by atoms with Crippen LogP contribution in [0.4, 0.5) is 0 Å². The van der Waals surface area contributed by atoms with Crippen LogP contribution in [0.2, 0.25) is 0 Å². The molecule has 0 rings (SSSR count). The predicted molar refractivity (Wildman–Crippen MR) is 210 cm³/mol. The van der Waals surface area contributed by atoms with E-state index in [0.29, 0.717) is 13.0 Å². The Hall–Kier alpha value is -1.54. The van der Waals surface area contributed by atoms with Gasteiger partial charge in [-0.25, -0.2) is 4.57 Å². The number of phosphoric ester groups is 1. The normalized spacial score (nSPS) is 14.1. The molecule has 0 aliphatic rings. The molecule has 9 heteroatoms. The van der Waals surface area contributed by atoms with E-state index in [2.05, 4.69) is 62.5 Å².